The Hall–Kier alpha value is -3.68. The highest BCUT2D eigenvalue weighted by molar-refractivity contribution is 7.89. The number of benzene rings is 1. The maximum atomic E-state index is 13.3. The van der Waals surface area contributed by atoms with Crippen molar-refractivity contribution in [3.63, 3.8) is 0 Å². The van der Waals surface area contributed by atoms with E-state index in [4.69, 9.17) is 9.94 Å². The van der Waals surface area contributed by atoms with Crippen LogP contribution >= 0.6 is 0 Å². The molecule has 0 unspecified atom stereocenters. The predicted octanol–water partition coefficient (Wildman–Crippen LogP) is 0.589. The van der Waals surface area contributed by atoms with Gasteiger partial charge in [0.15, 0.2) is 0 Å². The summed E-state index contributed by atoms with van der Waals surface area (Å²) in [5.41, 5.74) is 0.920. The Morgan fingerprint density at radius 1 is 1.15 bits per heavy atom. The monoisotopic (exact) mass is 475 g/mol. The molecular weight excluding hydrogens is 454 g/mol. The van der Waals surface area contributed by atoms with Gasteiger partial charge >= 0.3 is 5.69 Å². The van der Waals surface area contributed by atoms with Crippen molar-refractivity contribution < 1.29 is 28.3 Å². The van der Waals surface area contributed by atoms with Crippen LogP contribution in [0.5, 0.6) is 17.4 Å². The van der Waals surface area contributed by atoms with Gasteiger partial charge in [-0.2, -0.15) is 4.31 Å². The zero-order valence-electron chi connectivity index (χ0n) is 17.4. The van der Waals surface area contributed by atoms with Crippen molar-refractivity contribution >= 4 is 15.9 Å². The standard InChI is InChI=1S/C20H21N5O7S/c1-23-12-18(26)25(20(23)28)13-10-17(19(27)22-29)24(11-13)33(30,31)16-4-2-14(3-5-16)32-15-6-8-21-9-7-15/h2-9,12-13,17,26,29H,10-11H2,1H3,(H,22,27)/t13-,17+/m0/s1. The maximum Gasteiger partial charge on any atom is 0.331 e. The molecular formula is C20H21N5O7S. The van der Waals surface area contributed by atoms with E-state index in [0.29, 0.717) is 11.5 Å². The second-order valence-corrected chi connectivity index (χ2v) is 9.35. The van der Waals surface area contributed by atoms with Crippen LogP contribution in [0.3, 0.4) is 0 Å². The zero-order valence-corrected chi connectivity index (χ0v) is 18.2. The number of carbonyl (C=O) groups is 1. The van der Waals surface area contributed by atoms with Gasteiger partial charge in [0, 0.05) is 26.0 Å². The number of aromatic nitrogens is 3. The lowest BCUT2D eigenvalue weighted by Crippen LogP contribution is -2.45. The van der Waals surface area contributed by atoms with Gasteiger partial charge in [-0.05, 0) is 42.8 Å². The minimum atomic E-state index is -4.20. The number of rotatable bonds is 6. The average Bonchev–Trinajstić information content (AvgIpc) is 3.35. The van der Waals surface area contributed by atoms with Crippen LogP contribution in [0.15, 0.2) is 64.7 Å². The summed E-state index contributed by atoms with van der Waals surface area (Å²) in [4.78, 5) is 28.4. The predicted molar refractivity (Wildman–Crippen MR) is 113 cm³/mol. The number of nitrogens with zero attached hydrogens (tertiary/aromatic N) is 4. The first-order valence-electron chi connectivity index (χ1n) is 9.83. The van der Waals surface area contributed by atoms with Crippen LogP contribution in [0.1, 0.15) is 12.5 Å². The van der Waals surface area contributed by atoms with Crippen molar-refractivity contribution in [2.24, 2.45) is 7.05 Å². The fraction of sp³-hybridized carbons (Fsp3) is 0.250. The van der Waals surface area contributed by atoms with Crippen molar-refractivity contribution in [3.05, 3.63) is 65.5 Å². The Kier molecular flexibility index (Phi) is 5.93. The van der Waals surface area contributed by atoms with E-state index in [1.54, 1.807) is 24.5 Å². The Morgan fingerprint density at radius 2 is 1.79 bits per heavy atom. The highest BCUT2D eigenvalue weighted by atomic mass is 32.2. The summed E-state index contributed by atoms with van der Waals surface area (Å²) >= 11 is 0. The van der Waals surface area contributed by atoms with E-state index in [-0.39, 0.29) is 23.7 Å². The highest BCUT2D eigenvalue weighted by Crippen LogP contribution is 2.34. The van der Waals surface area contributed by atoms with Crippen LogP contribution < -0.4 is 15.9 Å². The fourth-order valence-electron chi connectivity index (χ4n) is 3.81. The number of nitrogens with one attached hydrogen (secondary N) is 1. The minimum Gasteiger partial charge on any atom is -0.493 e. The van der Waals surface area contributed by atoms with Gasteiger partial charge in [-0.3, -0.25) is 24.1 Å². The number of pyridine rings is 1. The van der Waals surface area contributed by atoms with Crippen LogP contribution in [0, 0.1) is 0 Å². The molecule has 3 heterocycles. The molecule has 13 heteroatoms. The molecule has 4 rings (SSSR count). The number of sulfonamides is 1. The summed E-state index contributed by atoms with van der Waals surface area (Å²) in [6, 6.07) is 6.79. The SMILES string of the molecule is Cn1cc(O)n([C@H]2C[C@H](C(=O)NO)N(S(=O)(=O)c3ccc(Oc4ccncc4)cc3)C2)c1=O. The highest BCUT2D eigenvalue weighted by Gasteiger charge is 2.45. The van der Waals surface area contributed by atoms with Crippen molar-refractivity contribution in [1.82, 2.24) is 23.9 Å². The van der Waals surface area contributed by atoms with E-state index in [2.05, 4.69) is 4.98 Å². The first-order valence-corrected chi connectivity index (χ1v) is 11.3. The van der Waals surface area contributed by atoms with Gasteiger partial charge in [-0.25, -0.2) is 18.7 Å². The molecule has 1 aliphatic rings. The lowest BCUT2D eigenvalue weighted by molar-refractivity contribution is -0.132. The molecule has 1 saturated heterocycles. The molecule has 0 bridgehead atoms. The number of aromatic hydroxyl groups is 1. The molecule has 0 saturated carbocycles. The number of amides is 1. The third-order valence-corrected chi connectivity index (χ3v) is 7.28. The van der Waals surface area contributed by atoms with Crippen molar-refractivity contribution in [3.8, 4) is 17.4 Å². The van der Waals surface area contributed by atoms with E-state index < -0.39 is 33.7 Å². The molecule has 1 aliphatic heterocycles. The summed E-state index contributed by atoms with van der Waals surface area (Å²) in [5.74, 6) is -0.379. The summed E-state index contributed by atoms with van der Waals surface area (Å²) in [6.07, 6.45) is 4.19. The smallest absolute Gasteiger partial charge is 0.331 e. The maximum absolute atomic E-state index is 13.3. The molecule has 1 aromatic carbocycles. The second-order valence-electron chi connectivity index (χ2n) is 7.46. The van der Waals surface area contributed by atoms with E-state index >= 15 is 0 Å². The van der Waals surface area contributed by atoms with Crippen molar-refractivity contribution in [2.75, 3.05) is 6.54 Å². The quantitative estimate of drug-likeness (QED) is 0.345. The first-order chi connectivity index (χ1) is 15.7. The molecule has 2 atom stereocenters. The van der Waals surface area contributed by atoms with Crippen LogP contribution in [0.2, 0.25) is 0 Å². The average molecular weight is 475 g/mol. The van der Waals surface area contributed by atoms with Gasteiger partial charge in [0.1, 0.15) is 17.5 Å². The molecule has 2 aromatic heterocycles. The van der Waals surface area contributed by atoms with Gasteiger partial charge in [0.25, 0.3) is 5.91 Å². The van der Waals surface area contributed by atoms with E-state index in [1.807, 2.05) is 0 Å². The minimum absolute atomic E-state index is 0.106. The summed E-state index contributed by atoms with van der Waals surface area (Å²) in [7, 11) is -2.76. The van der Waals surface area contributed by atoms with Gasteiger partial charge < -0.3 is 9.84 Å². The van der Waals surface area contributed by atoms with Gasteiger partial charge in [-0.1, -0.05) is 0 Å². The lowest BCUT2D eigenvalue weighted by atomic mass is 10.1. The molecule has 0 radical (unpaired) electrons. The van der Waals surface area contributed by atoms with Gasteiger partial charge in [0.2, 0.25) is 15.9 Å². The van der Waals surface area contributed by atoms with Crippen LogP contribution in [0.4, 0.5) is 0 Å². The molecule has 0 spiro atoms. The van der Waals surface area contributed by atoms with Crippen LogP contribution in [-0.2, 0) is 21.9 Å². The van der Waals surface area contributed by atoms with Crippen LogP contribution in [0.25, 0.3) is 0 Å². The van der Waals surface area contributed by atoms with Crippen LogP contribution in [-0.4, -0.2) is 55.6 Å². The number of hydrogen-bond donors (Lipinski definition) is 3. The molecule has 3 N–H and O–H groups in total. The Labute approximate surface area is 188 Å². The van der Waals surface area contributed by atoms with Crippen molar-refractivity contribution in [2.45, 2.75) is 23.4 Å². The third kappa shape index (κ3) is 4.20. The number of ether oxygens (including phenoxy) is 1. The fourth-order valence-corrected chi connectivity index (χ4v) is 5.44. The number of carbonyl (C=O) groups excluding carboxylic acids is 1. The molecule has 174 valence electrons. The Morgan fingerprint density at radius 3 is 2.36 bits per heavy atom. The van der Waals surface area contributed by atoms with E-state index in [1.165, 1.54) is 43.0 Å². The summed E-state index contributed by atoms with van der Waals surface area (Å²) < 4.78 is 35.4. The normalized spacial score (nSPS) is 18.8. The van der Waals surface area contributed by atoms with E-state index in [9.17, 15) is 23.1 Å². The molecule has 1 fully saturated rings. The topological polar surface area (TPSA) is 156 Å². The molecule has 1 amide bonds. The Bertz CT molecular complexity index is 1320. The summed E-state index contributed by atoms with van der Waals surface area (Å²) in [5, 5.41) is 19.3. The van der Waals surface area contributed by atoms with Gasteiger partial charge in [-0.15, -0.1) is 0 Å². The third-order valence-electron chi connectivity index (χ3n) is 5.39. The molecule has 3 aromatic rings. The largest absolute Gasteiger partial charge is 0.493 e. The first kappa shape index (κ1) is 22.5. The lowest BCUT2D eigenvalue weighted by Gasteiger charge is -2.22. The van der Waals surface area contributed by atoms with E-state index in [0.717, 1.165) is 13.4 Å². The summed E-state index contributed by atoms with van der Waals surface area (Å²) in [6.45, 7) is -0.257. The molecule has 0 aliphatic carbocycles. The number of imidazole rings is 1. The van der Waals surface area contributed by atoms with Crippen molar-refractivity contribution in [1.29, 1.82) is 0 Å². The zero-order chi connectivity index (χ0) is 23.8. The second kappa shape index (κ2) is 8.69. The molecule has 12 nitrogen and oxygen atoms in total. The van der Waals surface area contributed by atoms with Gasteiger partial charge in [0.05, 0.1) is 17.1 Å². The molecule has 33 heavy (non-hydrogen) atoms. The number of aryl methyl sites for hydroxylation is 1. The number of hydroxylamine groups is 1. The Balaban J connectivity index is 1.63. The number of hydrogen-bond acceptors (Lipinski definition) is 8.